The van der Waals surface area contributed by atoms with Crippen molar-refractivity contribution in [2.75, 3.05) is 25.0 Å². The zero-order valence-electron chi connectivity index (χ0n) is 11.8. The van der Waals surface area contributed by atoms with Gasteiger partial charge in [0.05, 0.1) is 4.92 Å². The van der Waals surface area contributed by atoms with Gasteiger partial charge in [0.25, 0.3) is 5.69 Å². The van der Waals surface area contributed by atoms with Crippen LogP contribution in [0.2, 0.25) is 0 Å². The molecule has 1 aliphatic heterocycles. The molecule has 1 aromatic heterocycles. The monoisotopic (exact) mass is 294 g/mol. The molecule has 1 unspecified atom stereocenters. The maximum atomic E-state index is 11.2. The number of hydrogen-bond donors (Lipinski definition) is 2. The zero-order valence-corrected chi connectivity index (χ0v) is 11.8. The molecule has 21 heavy (non-hydrogen) atoms. The minimum atomic E-state index is -1.23. The predicted molar refractivity (Wildman–Crippen MR) is 76.6 cm³/mol. The predicted octanol–water partition coefficient (Wildman–Crippen LogP) is 1.58. The van der Waals surface area contributed by atoms with Crippen molar-refractivity contribution in [3.05, 3.63) is 27.9 Å². The standard InChI is InChI=1S/C13H18N4O4/c1-9(16-4-2-3-5-16)7-14-12-11(13(18)19)6-10(8-15-12)17(20)21/h6,8-9H,2-5,7H2,1H3,(H,14,15)(H,18,19). The Balaban J connectivity index is 2.08. The number of likely N-dealkylation sites (tertiary alicyclic amines) is 1. The van der Waals surface area contributed by atoms with E-state index in [1.807, 2.05) is 0 Å². The van der Waals surface area contributed by atoms with Crippen LogP contribution in [-0.4, -0.2) is 51.6 Å². The van der Waals surface area contributed by atoms with Crippen LogP contribution in [0.5, 0.6) is 0 Å². The molecule has 1 fully saturated rings. The van der Waals surface area contributed by atoms with Crippen LogP contribution in [0, 0.1) is 10.1 Å². The number of nitrogens with zero attached hydrogens (tertiary/aromatic N) is 3. The maximum absolute atomic E-state index is 11.2. The van der Waals surface area contributed by atoms with E-state index in [2.05, 4.69) is 22.1 Å². The molecule has 0 bridgehead atoms. The highest BCUT2D eigenvalue weighted by atomic mass is 16.6. The fraction of sp³-hybridized carbons (Fsp3) is 0.538. The average molecular weight is 294 g/mol. The summed E-state index contributed by atoms with van der Waals surface area (Å²) in [5, 5.41) is 22.8. The van der Waals surface area contributed by atoms with E-state index in [1.54, 1.807) is 0 Å². The number of carboxylic acid groups (broad SMARTS) is 1. The minimum absolute atomic E-state index is 0.166. The average Bonchev–Trinajstić information content (AvgIpc) is 2.98. The van der Waals surface area contributed by atoms with Crippen LogP contribution in [-0.2, 0) is 0 Å². The van der Waals surface area contributed by atoms with Crippen LogP contribution in [0.4, 0.5) is 11.5 Å². The fourth-order valence-electron chi connectivity index (χ4n) is 2.41. The number of rotatable bonds is 6. The summed E-state index contributed by atoms with van der Waals surface area (Å²) in [6, 6.07) is 1.28. The van der Waals surface area contributed by atoms with Crippen molar-refractivity contribution in [2.45, 2.75) is 25.8 Å². The third-order valence-electron chi connectivity index (χ3n) is 3.64. The van der Waals surface area contributed by atoms with E-state index < -0.39 is 10.9 Å². The summed E-state index contributed by atoms with van der Waals surface area (Å²) >= 11 is 0. The Hall–Kier alpha value is -2.22. The van der Waals surface area contributed by atoms with Gasteiger partial charge >= 0.3 is 5.97 Å². The molecule has 1 saturated heterocycles. The van der Waals surface area contributed by atoms with Crippen molar-refractivity contribution in [3.63, 3.8) is 0 Å². The molecule has 0 aliphatic carbocycles. The van der Waals surface area contributed by atoms with Crippen molar-refractivity contribution < 1.29 is 14.8 Å². The van der Waals surface area contributed by atoms with Crippen LogP contribution in [0.25, 0.3) is 0 Å². The van der Waals surface area contributed by atoms with E-state index in [9.17, 15) is 14.9 Å². The van der Waals surface area contributed by atoms with E-state index in [-0.39, 0.29) is 23.1 Å². The number of anilines is 1. The molecular weight excluding hydrogens is 276 g/mol. The fourth-order valence-corrected chi connectivity index (χ4v) is 2.41. The van der Waals surface area contributed by atoms with E-state index in [4.69, 9.17) is 5.11 Å². The highest BCUT2D eigenvalue weighted by Crippen LogP contribution is 2.20. The molecule has 0 amide bonds. The van der Waals surface area contributed by atoms with Gasteiger partial charge in [-0.15, -0.1) is 0 Å². The van der Waals surface area contributed by atoms with E-state index in [1.165, 1.54) is 12.8 Å². The Bertz CT molecular complexity index is 543. The first-order valence-corrected chi connectivity index (χ1v) is 6.84. The number of aromatic carboxylic acids is 1. The molecule has 114 valence electrons. The summed E-state index contributed by atoms with van der Waals surface area (Å²) in [5.74, 6) is -1.07. The number of hydrogen-bond acceptors (Lipinski definition) is 6. The Morgan fingerprint density at radius 3 is 2.81 bits per heavy atom. The van der Waals surface area contributed by atoms with Gasteiger partial charge in [-0.2, -0.15) is 0 Å². The van der Waals surface area contributed by atoms with Crippen molar-refractivity contribution in [2.24, 2.45) is 0 Å². The quantitative estimate of drug-likeness (QED) is 0.605. The van der Waals surface area contributed by atoms with Crippen molar-refractivity contribution in [1.82, 2.24) is 9.88 Å². The minimum Gasteiger partial charge on any atom is -0.478 e. The van der Waals surface area contributed by atoms with Gasteiger partial charge in [0.2, 0.25) is 0 Å². The second kappa shape index (κ2) is 6.49. The molecule has 1 aromatic rings. The van der Waals surface area contributed by atoms with Gasteiger partial charge in [-0.3, -0.25) is 15.0 Å². The first-order chi connectivity index (χ1) is 9.99. The summed E-state index contributed by atoms with van der Waals surface area (Å²) in [6.45, 7) is 4.69. The molecule has 2 N–H and O–H groups in total. The molecular formula is C13H18N4O4. The highest BCUT2D eigenvalue weighted by Gasteiger charge is 2.20. The maximum Gasteiger partial charge on any atom is 0.339 e. The molecule has 2 heterocycles. The number of aromatic nitrogens is 1. The van der Waals surface area contributed by atoms with E-state index >= 15 is 0 Å². The third kappa shape index (κ3) is 3.66. The number of nitrogens with one attached hydrogen (secondary N) is 1. The highest BCUT2D eigenvalue weighted by molar-refractivity contribution is 5.93. The smallest absolute Gasteiger partial charge is 0.339 e. The Kier molecular flexibility index (Phi) is 4.69. The van der Waals surface area contributed by atoms with Gasteiger partial charge in [-0.05, 0) is 32.9 Å². The lowest BCUT2D eigenvalue weighted by atomic mass is 10.2. The largest absolute Gasteiger partial charge is 0.478 e. The summed E-state index contributed by atoms with van der Waals surface area (Å²) in [4.78, 5) is 27.4. The molecule has 1 aliphatic rings. The molecule has 0 saturated carbocycles. The zero-order chi connectivity index (χ0) is 15.4. The molecule has 8 nitrogen and oxygen atoms in total. The molecule has 0 aromatic carbocycles. The lowest BCUT2D eigenvalue weighted by molar-refractivity contribution is -0.385. The van der Waals surface area contributed by atoms with Crippen molar-refractivity contribution in [1.29, 1.82) is 0 Å². The Morgan fingerprint density at radius 2 is 2.24 bits per heavy atom. The number of carboxylic acids is 1. The summed E-state index contributed by atoms with van der Waals surface area (Å²) in [5.41, 5.74) is -0.511. The first kappa shape index (κ1) is 15.2. The van der Waals surface area contributed by atoms with Gasteiger partial charge in [0, 0.05) is 18.7 Å². The normalized spacial score (nSPS) is 16.6. The molecule has 8 heteroatoms. The second-order valence-corrected chi connectivity index (χ2v) is 5.12. The number of pyridine rings is 1. The van der Waals surface area contributed by atoms with Crippen molar-refractivity contribution >= 4 is 17.5 Å². The lowest BCUT2D eigenvalue weighted by Crippen LogP contribution is -2.35. The summed E-state index contributed by atoms with van der Waals surface area (Å²) < 4.78 is 0. The topological polar surface area (TPSA) is 109 Å². The molecule has 2 rings (SSSR count). The summed E-state index contributed by atoms with van der Waals surface area (Å²) in [6.07, 6.45) is 3.43. The van der Waals surface area contributed by atoms with Crippen LogP contribution >= 0.6 is 0 Å². The van der Waals surface area contributed by atoms with Gasteiger partial charge < -0.3 is 10.4 Å². The van der Waals surface area contributed by atoms with Crippen LogP contribution in [0.15, 0.2) is 12.3 Å². The molecule has 0 radical (unpaired) electrons. The van der Waals surface area contributed by atoms with Crippen LogP contribution in [0.1, 0.15) is 30.1 Å². The van der Waals surface area contributed by atoms with E-state index in [0.717, 1.165) is 25.4 Å². The first-order valence-electron chi connectivity index (χ1n) is 6.84. The Morgan fingerprint density at radius 1 is 1.57 bits per heavy atom. The third-order valence-corrected chi connectivity index (χ3v) is 3.64. The lowest BCUT2D eigenvalue weighted by Gasteiger charge is -2.24. The van der Waals surface area contributed by atoms with Gasteiger partial charge in [0.1, 0.15) is 17.6 Å². The molecule has 1 atom stereocenters. The second-order valence-electron chi connectivity index (χ2n) is 5.12. The van der Waals surface area contributed by atoms with Crippen LogP contribution < -0.4 is 5.32 Å². The molecule has 0 spiro atoms. The van der Waals surface area contributed by atoms with Gasteiger partial charge in [-0.25, -0.2) is 9.78 Å². The summed E-state index contributed by atoms with van der Waals surface area (Å²) in [7, 11) is 0. The Labute approximate surface area is 121 Å². The van der Waals surface area contributed by atoms with Crippen LogP contribution in [0.3, 0.4) is 0 Å². The van der Waals surface area contributed by atoms with E-state index in [0.29, 0.717) is 6.54 Å². The van der Waals surface area contributed by atoms with Crippen molar-refractivity contribution in [3.8, 4) is 0 Å². The number of carbonyl (C=O) groups is 1. The SMILES string of the molecule is CC(CNc1ncc([N+](=O)[O-])cc1C(=O)O)N1CCCC1. The van der Waals surface area contributed by atoms with Gasteiger partial charge in [0.15, 0.2) is 0 Å². The van der Waals surface area contributed by atoms with Gasteiger partial charge in [-0.1, -0.05) is 0 Å². The number of nitro groups is 1.